The van der Waals surface area contributed by atoms with Gasteiger partial charge in [-0.1, -0.05) is 6.92 Å². The molecule has 2 saturated heterocycles. The normalized spacial score (nSPS) is 21.3. The van der Waals surface area contributed by atoms with Crippen LogP contribution in [0.25, 0.3) is 0 Å². The molecule has 1 aromatic carbocycles. The van der Waals surface area contributed by atoms with Gasteiger partial charge < -0.3 is 20.3 Å². The Hall–Kier alpha value is -1.63. The average Bonchev–Trinajstić information content (AvgIpc) is 2.63. The van der Waals surface area contributed by atoms with Crippen molar-refractivity contribution in [2.24, 2.45) is 5.92 Å². The SMILES string of the molecule is CC1CCN(C(=O)c2ccc(NC(=O)C3COCCN3)cc2)CC1.Cl. The molecule has 2 heterocycles. The Bertz CT molecular complexity index is 580. The number of amides is 2. The molecule has 1 atom stereocenters. The van der Waals surface area contributed by atoms with Crippen molar-refractivity contribution in [3.63, 3.8) is 0 Å². The lowest BCUT2D eigenvalue weighted by Crippen LogP contribution is -2.48. The number of carbonyl (C=O) groups is 2. The molecule has 0 aliphatic carbocycles. The van der Waals surface area contributed by atoms with E-state index in [4.69, 9.17) is 4.74 Å². The van der Waals surface area contributed by atoms with Crippen LogP contribution in [-0.2, 0) is 9.53 Å². The van der Waals surface area contributed by atoms with E-state index in [9.17, 15) is 9.59 Å². The second-order valence-electron chi connectivity index (χ2n) is 6.62. The second-order valence-corrected chi connectivity index (χ2v) is 6.62. The molecule has 0 spiro atoms. The highest BCUT2D eigenvalue weighted by atomic mass is 35.5. The van der Waals surface area contributed by atoms with Crippen molar-refractivity contribution in [1.82, 2.24) is 10.2 Å². The summed E-state index contributed by atoms with van der Waals surface area (Å²) in [6, 6.07) is 6.79. The molecule has 138 valence electrons. The first-order valence-electron chi connectivity index (χ1n) is 8.65. The fraction of sp³-hybridized carbons (Fsp3) is 0.556. The van der Waals surface area contributed by atoms with Crippen molar-refractivity contribution in [2.45, 2.75) is 25.8 Å². The van der Waals surface area contributed by atoms with Gasteiger partial charge in [0.25, 0.3) is 5.91 Å². The number of piperidine rings is 1. The molecule has 0 radical (unpaired) electrons. The number of hydrogen-bond acceptors (Lipinski definition) is 4. The van der Waals surface area contributed by atoms with E-state index in [-0.39, 0.29) is 30.3 Å². The van der Waals surface area contributed by atoms with Gasteiger partial charge in [0.1, 0.15) is 6.04 Å². The van der Waals surface area contributed by atoms with Gasteiger partial charge in [0.2, 0.25) is 5.91 Å². The van der Waals surface area contributed by atoms with Crippen molar-refractivity contribution in [2.75, 3.05) is 38.2 Å². The molecule has 2 N–H and O–H groups in total. The Morgan fingerprint density at radius 3 is 2.48 bits per heavy atom. The van der Waals surface area contributed by atoms with Crippen molar-refractivity contribution in [1.29, 1.82) is 0 Å². The molecule has 2 aliphatic heterocycles. The number of ether oxygens (including phenoxy) is 1. The third kappa shape index (κ3) is 5.17. The van der Waals surface area contributed by atoms with Gasteiger partial charge in [-0.3, -0.25) is 9.59 Å². The molecule has 7 heteroatoms. The van der Waals surface area contributed by atoms with Crippen LogP contribution in [0.5, 0.6) is 0 Å². The fourth-order valence-corrected chi connectivity index (χ4v) is 3.05. The monoisotopic (exact) mass is 367 g/mol. The highest BCUT2D eigenvalue weighted by Gasteiger charge is 2.23. The molecule has 0 saturated carbocycles. The van der Waals surface area contributed by atoms with Crippen LogP contribution in [0.15, 0.2) is 24.3 Å². The molecule has 2 aliphatic rings. The molecule has 2 amide bonds. The predicted molar refractivity (Wildman–Crippen MR) is 99.2 cm³/mol. The summed E-state index contributed by atoms with van der Waals surface area (Å²) in [4.78, 5) is 26.5. The van der Waals surface area contributed by atoms with Crippen molar-refractivity contribution >= 4 is 29.9 Å². The molecule has 1 unspecified atom stereocenters. The summed E-state index contributed by atoms with van der Waals surface area (Å²) in [5.41, 5.74) is 1.36. The summed E-state index contributed by atoms with van der Waals surface area (Å²) in [5.74, 6) is 0.657. The van der Waals surface area contributed by atoms with E-state index in [1.807, 2.05) is 4.90 Å². The van der Waals surface area contributed by atoms with Gasteiger partial charge in [-0.15, -0.1) is 12.4 Å². The van der Waals surface area contributed by atoms with Gasteiger partial charge >= 0.3 is 0 Å². The van der Waals surface area contributed by atoms with Gasteiger partial charge in [-0.05, 0) is 43.0 Å². The minimum atomic E-state index is -0.324. The summed E-state index contributed by atoms with van der Waals surface area (Å²) in [5, 5.41) is 5.97. The molecular weight excluding hydrogens is 342 g/mol. The topological polar surface area (TPSA) is 70.7 Å². The van der Waals surface area contributed by atoms with Crippen LogP contribution in [0.4, 0.5) is 5.69 Å². The van der Waals surface area contributed by atoms with Crippen LogP contribution in [-0.4, -0.2) is 55.6 Å². The lowest BCUT2D eigenvalue weighted by Gasteiger charge is -2.30. The number of carbonyl (C=O) groups excluding carboxylic acids is 2. The predicted octanol–water partition coefficient (Wildman–Crippen LogP) is 1.91. The lowest BCUT2D eigenvalue weighted by molar-refractivity contribution is -0.120. The van der Waals surface area contributed by atoms with Crippen molar-refractivity contribution < 1.29 is 14.3 Å². The third-order valence-corrected chi connectivity index (χ3v) is 4.71. The second kappa shape index (κ2) is 9.17. The Labute approximate surface area is 154 Å². The highest BCUT2D eigenvalue weighted by molar-refractivity contribution is 5.97. The van der Waals surface area contributed by atoms with Gasteiger partial charge in [0.05, 0.1) is 13.2 Å². The molecule has 3 rings (SSSR count). The Morgan fingerprint density at radius 2 is 1.88 bits per heavy atom. The van der Waals surface area contributed by atoms with Crippen LogP contribution < -0.4 is 10.6 Å². The quantitative estimate of drug-likeness (QED) is 0.856. The zero-order valence-electron chi connectivity index (χ0n) is 14.5. The summed E-state index contributed by atoms with van der Waals surface area (Å²) < 4.78 is 5.29. The minimum absolute atomic E-state index is 0. The van der Waals surface area contributed by atoms with Crippen LogP contribution >= 0.6 is 12.4 Å². The summed E-state index contributed by atoms with van der Waals surface area (Å²) in [6.07, 6.45) is 2.13. The van der Waals surface area contributed by atoms with Crippen LogP contribution in [0, 0.1) is 5.92 Å². The van der Waals surface area contributed by atoms with E-state index >= 15 is 0 Å². The van der Waals surface area contributed by atoms with E-state index in [1.54, 1.807) is 24.3 Å². The van der Waals surface area contributed by atoms with Crippen LogP contribution in [0.2, 0.25) is 0 Å². The number of benzene rings is 1. The number of morpholine rings is 1. The lowest BCUT2D eigenvalue weighted by atomic mass is 9.98. The van der Waals surface area contributed by atoms with Gasteiger partial charge in [-0.25, -0.2) is 0 Å². The maximum absolute atomic E-state index is 12.5. The average molecular weight is 368 g/mol. The minimum Gasteiger partial charge on any atom is -0.378 e. The first-order chi connectivity index (χ1) is 11.6. The number of nitrogens with one attached hydrogen (secondary N) is 2. The van der Waals surface area contributed by atoms with E-state index < -0.39 is 0 Å². The third-order valence-electron chi connectivity index (χ3n) is 4.71. The standard InChI is InChI=1S/C18H25N3O3.ClH/c1-13-6-9-21(10-7-13)18(23)14-2-4-15(5-3-14)20-17(22)16-12-24-11-8-19-16;/h2-5,13,16,19H,6-12H2,1H3,(H,20,22);1H. The number of rotatable bonds is 3. The zero-order chi connectivity index (χ0) is 16.9. The number of anilines is 1. The van der Waals surface area contributed by atoms with Crippen molar-refractivity contribution in [3.05, 3.63) is 29.8 Å². The van der Waals surface area contributed by atoms with Crippen LogP contribution in [0.3, 0.4) is 0 Å². The van der Waals surface area contributed by atoms with E-state index in [0.29, 0.717) is 36.9 Å². The first-order valence-corrected chi connectivity index (χ1v) is 8.65. The molecule has 2 fully saturated rings. The number of hydrogen-bond donors (Lipinski definition) is 2. The first kappa shape index (κ1) is 19.7. The van der Waals surface area contributed by atoms with E-state index in [2.05, 4.69) is 17.6 Å². The summed E-state index contributed by atoms with van der Waals surface area (Å²) in [7, 11) is 0. The Balaban J connectivity index is 0.00000225. The number of likely N-dealkylation sites (tertiary alicyclic amines) is 1. The summed E-state index contributed by atoms with van der Waals surface area (Å²) >= 11 is 0. The molecule has 0 bridgehead atoms. The molecule has 1 aromatic rings. The summed E-state index contributed by atoms with van der Waals surface area (Å²) in [6.45, 7) is 5.58. The number of halogens is 1. The van der Waals surface area contributed by atoms with Gasteiger partial charge in [0.15, 0.2) is 0 Å². The Morgan fingerprint density at radius 1 is 1.20 bits per heavy atom. The molecule has 25 heavy (non-hydrogen) atoms. The Kier molecular flexibility index (Phi) is 7.23. The highest BCUT2D eigenvalue weighted by Crippen LogP contribution is 2.19. The maximum atomic E-state index is 12.5. The van der Waals surface area contributed by atoms with E-state index in [0.717, 1.165) is 25.9 Å². The van der Waals surface area contributed by atoms with Crippen molar-refractivity contribution in [3.8, 4) is 0 Å². The number of nitrogens with zero attached hydrogens (tertiary/aromatic N) is 1. The largest absolute Gasteiger partial charge is 0.378 e. The van der Waals surface area contributed by atoms with Gasteiger partial charge in [0, 0.05) is 30.9 Å². The fourth-order valence-electron chi connectivity index (χ4n) is 3.05. The molecular formula is C18H26ClN3O3. The smallest absolute Gasteiger partial charge is 0.253 e. The van der Waals surface area contributed by atoms with E-state index in [1.165, 1.54) is 0 Å². The van der Waals surface area contributed by atoms with Crippen LogP contribution in [0.1, 0.15) is 30.1 Å². The zero-order valence-corrected chi connectivity index (χ0v) is 15.3. The molecule has 0 aromatic heterocycles. The molecule has 6 nitrogen and oxygen atoms in total. The van der Waals surface area contributed by atoms with Gasteiger partial charge in [-0.2, -0.15) is 0 Å². The maximum Gasteiger partial charge on any atom is 0.253 e.